The minimum absolute atomic E-state index is 0.146. The number of amides is 2. The van der Waals surface area contributed by atoms with E-state index < -0.39 is 17.2 Å². The zero-order chi connectivity index (χ0) is 28.7. The third-order valence-electron chi connectivity index (χ3n) is 7.77. The molecule has 40 heavy (non-hydrogen) atoms. The van der Waals surface area contributed by atoms with E-state index in [1.54, 1.807) is 36.4 Å². The molecule has 1 heterocycles. The summed E-state index contributed by atoms with van der Waals surface area (Å²) in [6.45, 7) is 5.48. The predicted molar refractivity (Wildman–Crippen MR) is 148 cm³/mol. The van der Waals surface area contributed by atoms with Crippen molar-refractivity contribution < 1.29 is 23.5 Å². The number of hydrogen-bond donors (Lipinski definition) is 2. The van der Waals surface area contributed by atoms with Crippen molar-refractivity contribution in [1.82, 2.24) is 10.3 Å². The van der Waals surface area contributed by atoms with Crippen LogP contribution in [0.15, 0.2) is 52.9 Å². The summed E-state index contributed by atoms with van der Waals surface area (Å²) in [5, 5.41) is 22.3. The zero-order valence-corrected chi connectivity index (χ0v) is 22.9. The van der Waals surface area contributed by atoms with E-state index >= 15 is 0 Å². The fourth-order valence-corrected chi connectivity index (χ4v) is 5.54. The highest BCUT2D eigenvalue weighted by molar-refractivity contribution is 5.88. The van der Waals surface area contributed by atoms with Crippen LogP contribution in [0.3, 0.4) is 0 Å². The van der Waals surface area contributed by atoms with Crippen LogP contribution in [0.1, 0.15) is 71.0 Å². The number of aromatic nitrogens is 1. The first-order valence-electron chi connectivity index (χ1n) is 13.6. The normalized spacial score (nSPS) is 19.9. The topological polar surface area (TPSA) is 119 Å². The molecule has 0 spiro atoms. The van der Waals surface area contributed by atoms with E-state index in [0.717, 1.165) is 24.8 Å². The second-order valence-electron chi connectivity index (χ2n) is 11.8. The van der Waals surface area contributed by atoms with E-state index in [4.69, 9.17) is 9.40 Å². The van der Waals surface area contributed by atoms with Crippen LogP contribution in [0.5, 0.6) is 0 Å². The number of nitriles is 1. The van der Waals surface area contributed by atoms with Crippen molar-refractivity contribution in [2.75, 3.05) is 4.90 Å². The van der Waals surface area contributed by atoms with E-state index in [2.05, 4.69) is 11.4 Å². The van der Waals surface area contributed by atoms with Gasteiger partial charge in [-0.25, -0.2) is 14.2 Å². The molecule has 8 nitrogen and oxygen atoms in total. The van der Waals surface area contributed by atoms with E-state index in [-0.39, 0.29) is 23.6 Å². The Labute approximate surface area is 232 Å². The monoisotopic (exact) mass is 544 g/mol. The third-order valence-corrected chi connectivity index (χ3v) is 7.77. The molecule has 2 fully saturated rings. The van der Waals surface area contributed by atoms with Crippen molar-refractivity contribution in [3.05, 3.63) is 60.1 Å². The molecule has 2 aromatic carbocycles. The molecule has 0 unspecified atom stereocenters. The maximum Gasteiger partial charge on any atom is 0.412 e. The molecule has 0 saturated heterocycles. The van der Waals surface area contributed by atoms with Gasteiger partial charge >= 0.3 is 6.09 Å². The molecule has 2 atom stereocenters. The summed E-state index contributed by atoms with van der Waals surface area (Å²) in [6, 6.07) is 15.2. The van der Waals surface area contributed by atoms with Crippen molar-refractivity contribution in [2.24, 2.45) is 5.92 Å². The van der Waals surface area contributed by atoms with Gasteiger partial charge in [-0.2, -0.15) is 5.26 Å². The molecule has 208 valence electrons. The van der Waals surface area contributed by atoms with Gasteiger partial charge in [-0.05, 0) is 82.9 Å². The summed E-state index contributed by atoms with van der Waals surface area (Å²) >= 11 is 0. The van der Waals surface area contributed by atoms with Gasteiger partial charge in [0, 0.05) is 34.2 Å². The van der Waals surface area contributed by atoms with Crippen LogP contribution in [0.2, 0.25) is 0 Å². The number of rotatable bonds is 6. The minimum Gasteiger partial charge on any atom is -0.465 e. The maximum atomic E-state index is 13.6. The molecule has 0 bridgehead atoms. The van der Waals surface area contributed by atoms with Crippen LogP contribution in [-0.4, -0.2) is 33.2 Å². The summed E-state index contributed by atoms with van der Waals surface area (Å²) in [6.07, 6.45) is 3.46. The predicted octanol–water partition coefficient (Wildman–Crippen LogP) is 6.88. The van der Waals surface area contributed by atoms with Crippen LogP contribution in [-0.2, 0) is 4.79 Å². The van der Waals surface area contributed by atoms with Gasteiger partial charge in [0.25, 0.3) is 0 Å². The van der Waals surface area contributed by atoms with Crippen molar-refractivity contribution in [2.45, 2.75) is 76.3 Å². The number of carbonyl (C=O) groups is 2. The molecule has 2 N–H and O–H groups in total. The van der Waals surface area contributed by atoms with Gasteiger partial charge in [-0.3, -0.25) is 9.69 Å². The number of oxazole rings is 1. The summed E-state index contributed by atoms with van der Waals surface area (Å²) in [4.78, 5) is 31.5. The van der Waals surface area contributed by atoms with Gasteiger partial charge in [0.15, 0.2) is 0 Å². The summed E-state index contributed by atoms with van der Waals surface area (Å²) < 4.78 is 20.0. The van der Waals surface area contributed by atoms with Crippen LogP contribution >= 0.6 is 0 Å². The Morgan fingerprint density at radius 1 is 1.07 bits per heavy atom. The molecule has 2 aliphatic rings. The quantitative estimate of drug-likeness (QED) is 0.349. The Morgan fingerprint density at radius 2 is 1.70 bits per heavy atom. The smallest absolute Gasteiger partial charge is 0.412 e. The van der Waals surface area contributed by atoms with E-state index in [0.29, 0.717) is 47.9 Å². The van der Waals surface area contributed by atoms with Gasteiger partial charge in [-0.1, -0.05) is 25.0 Å². The average molecular weight is 545 g/mol. The van der Waals surface area contributed by atoms with Crippen molar-refractivity contribution in [3.8, 4) is 28.8 Å². The van der Waals surface area contributed by atoms with Gasteiger partial charge in [0.05, 0.1) is 6.07 Å². The Kier molecular flexibility index (Phi) is 7.13. The van der Waals surface area contributed by atoms with Gasteiger partial charge in [-0.15, -0.1) is 0 Å². The first-order valence-corrected chi connectivity index (χ1v) is 13.6. The molecule has 2 amide bonds. The lowest BCUT2D eigenvalue weighted by atomic mass is 9.76. The number of hydrogen-bond acceptors (Lipinski definition) is 5. The number of carboxylic acid groups (broad SMARTS) is 1. The second-order valence-corrected chi connectivity index (χ2v) is 11.8. The lowest BCUT2D eigenvalue weighted by Crippen LogP contribution is -2.45. The molecule has 2 saturated carbocycles. The van der Waals surface area contributed by atoms with Gasteiger partial charge < -0.3 is 14.8 Å². The molecule has 9 heteroatoms. The Bertz CT molecular complexity index is 1450. The fraction of sp³-hybridized carbons (Fsp3) is 0.419. The highest BCUT2D eigenvalue weighted by Crippen LogP contribution is 2.45. The molecule has 2 aliphatic carbocycles. The summed E-state index contributed by atoms with van der Waals surface area (Å²) in [5.41, 5.74) is 1.00. The summed E-state index contributed by atoms with van der Waals surface area (Å²) in [7, 11) is 0. The Balaban J connectivity index is 1.55. The van der Waals surface area contributed by atoms with E-state index in [9.17, 15) is 24.3 Å². The second kappa shape index (κ2) is 10.4. The van der Waals surface area contributed by atoms with Crippen molar-refractivity contribution in [1.29, 1.82) is 5.26 Å². The average Bonchev–Trinajstić information content (AvgIpc) is 3.55. The number of benzene rings is 2. The largest absolute Gasteiger partial charge is 0.465 e. The number of halogens is 1. The number of anilines is 1. The molecule has 1 aromatic heterocycles. The Morgan fingerprint density at radius 3 is 2.27 bits per heavy atom. The fourth-order valence-electron chi connectivity index (χ4n) is 5.54. The van der Waals surface area contributed by atoms with Crippen LogP contribution in [0.25, 0.3) is 22.7 Å². The lowest BCUT2D eigenvalue weighted by Gasteiger charge is -2.33. The molecular formula is C31H33FN4O4. The zero-order valence-electron chi connectivity index (χ0n) is 22.9. The molecule has 5 rings (SSSR count). The number of carbonyl (C=O) groups excluding carboxylic acids is 1. The SMILES string of the molecule is CC(C)(C)N(C(=O)O)c1ccc(-c2nc(-c3ccc(F)cc3)oc2[C@@H]2CCCC[C@H]2C(=O)NC2(C#N)CC2)cc1. The maximum absolute atomic E-state index is 13.6. The highest BCUT2D eigenvalue weighted by Gasteiger charge is 2.47. The van der Waals surface area contributed by atoms with Gasteiger partial charge in [0.2, 0.25) is 11.8 Å². The molecule has 3 aromatic rings. The Hall–Kier alpha value is -4.19. The third kappa shape index (κ3) is 5.44. The number of nitrogens with one attached hydrogen (secondary N) is 1. The molecule has 0 radical (unpaired) electrons. The van der Waals surface area contributed by atoms with Crippen LogP contribution in [0.4, 0.5) is 14.9 Å². The van der Waals surface area contributed by atoms with Crippen molar-refractivity contribution >= 4 is 17.7 Å². The number of nitrogens with zero attached hydrogens (tertiary/aromatic N) is 3. The van der Waals surface area contributed by atoms with Gasteiger partial charge in [0.1, 0.15) is 22.8 Å². The lowest BCUT2D eigenvalue weighted by molar-refractivity contribution is -0.127. The first-order chi connectivity index (χ1) is 19.0. The molecule has 0 aliphatic heterocycles. The highest BCUT2D eigenvalue weighted by atomic mass is 19.1. The summed E-state index contributed by atoms with van der Waals surface area (Å²) in [5.74, 6) is -0.272. The molecular weight excluding hydrogens is 511 g/mol. The first kappa shape index (κ1) is 27.4. The van der Waals surface area contributed by atoms with E-state index in [1.807, 2.05) is 20.8 Å². The van der Waals surface area contributed by atoms with Crippen molar-refractivity contribution in [3.63, 3.8) is 0 Å². The standard InChI is InChI=1S/C31H33FN4O4/c1-30(2,3)36(29(38)39)22-14-10-19(11-15-22)25-26(40-28(34-25)20-8-12-21(32)13-9-20)23-6-4-5-7-24(23)27(37)35-31(18-33)16-17-31/h8-15,23-24H,4-7,16-17H2,1-3H3,(H,35,37)(H,38,39)/t23-,24-/m1/s1. The van der Waals surface area contributed by atoms with E-state index in [1.165, 1.54) is 17.0 Å². The van der Waals surface area contributed by atoms with Crippen LogP contribution in [0, 0.1) is 23.1 Å². The van der Waals surface area contributed by atoms with Crippen LogP contribution < -0.4 is 10.2 Å². The minimum atomic E-state index is -1.05.